The average Bonchev–Trinajstić information content (AvgIpc) is 2.48. The van der Waals surface area contributed by atoms with Crippen LogP contribution in [0.3, 0.4) is 0 Å². The van der Waals surface area contributed by atoms with Gasteiger partial charge in [-0.1, -0.05) is 30.3 Å². The highest BCUT2D eigenvalue weighted by Crippen LogP contribution is 2.18. The number of carbonyl (C=O) groups is 1. The molecule has 6 nitrogen and oxygen atoms in total. The number of hydrogen-bond donors (Lipinski definition) is 3. The standard InChI is InChI=1S/C14H20N2O4/c15-12-7-16(11(8-17)6-13(12)18)14(19)20-9-10-4-2-1-3-5-10/h1-5,11-13,17-18H,6-9,15H2/t11-,12+,13-/m1/s1. The molecule has 1 aliphatic rings. The van der Waals surface area contributed by atoms with Gasteiger partial charge < -0.3 is 25.6 Å². The Labute approximate surface area is 117 Å². The van der Waals surface area contributed by atoms with E-state index in [1.807, 2.05) is 30.3 Å². The van der Waals surface area contributed by atoms with Gasteiger partial charge >= 0.3 is 6.09 Å². The first kappa shape index (κ1) is 14.8. The second-order valence-corrected chi connectivity index (χ2v) is 5.00. The number of hydrogen-bond acceptors (Lipinski definition) is 5. The van der Waals surface area contributed by atoms with Gasteiger partial charge in [-0.25, -0.2) is 4.79 Å². The van der Waals surface area contributed by atoms with Gasteiger partial charge in [-0.3, -0.25) is 0 Å². The van der Waals surface area contributed by atoms with E-state index in [2.05, 4.69) is 0 Å². The number of carbonyl (C=O) groups excluding carboxylic acids is 1. The van der Waals surface area contributed by atoms with Crippen LogP contribution in [0.25, 0.3) is 0 Å². The summed E-state index contributed by atoms with van der Waals surface area (Å²) in [5.74, 6) is 0. The van der Waals surface area contributed by atoms with Crippen LogP contribution in [-0.2, 0) is 11.3 Å². The molecule has 0 aliphatic carbocycles. The third-order valence-corrected chi connectivity index (χ3v) is 3.51. The molecule has 0 spiro atoms. The summed E-state index contributed by atoms with van der Waals surface area (Å²) in [7, 11) is 0. The minimum atomic E-state index is -0.703. The number of nitrogens with zero attached hydrogens (tertiary/aromatic N) is 1. The maximum Gasteiger partial charge on any atom is 0.410 e. The van der Waals surface area contributed by atoms with Gasteiger partial charge in [0.25, 0.3) is 0 Å². The van der Waals surface area contributed by atoms with Crippen LogP contribution in [-0.4, -0.2) is 52.5 Å². The van der Waals surface area contributed by atoms with Crippen molar-refractivity contribution < 1.29 is 19.7 Å². The second-order valence-electron chi connectivity index (χ2n) is 5.00. The van der Waals surface area contributed by atoms with Crippen LogP contribution in [0.4, 0.5) is 4.79 Å². The zero-order valence-electron chi connectivity index (χ0n) is 11.2. The Hall–Kier alpha value is -1.63. The molecule has 1 aromatic rings. The van der Waals surface area contributed by atoms with E-state index in [1.165, 1.54) is 4.90 Å². The predicted octanol–water partition coefficient (Wildman–Crippen LogP) is 0.0780. The van der Waals surface area contributed by atoms with Crippen LogP contribution in [0, 0.1) is 0 Å². The highest BCUT2D eigenvalue weighted by Gasteiger charge is 2.35. The number of benzene rings is 1. The van der Waals surface area contributed by atoms with E-state index in [4.69, 9.17) is 10.5 Å². The molecule has 4 N–H and O–H groups in total. The summed E-state index contributed by atoms with van der Waals surface area (Å²) in [5.41, 5.74) is 6.64. The van der Waals surface area contributed by atoms with E-state index in [0.29, 0.717) is 0 Å². The molecular weight excluding hydrogens is 260 g/mol. The number of amides is 1. The van der Waals surface area contributed by atoms with Crippen molar-refractivity contribution in [3.8, 4) is 0 Å². The zero-order valence-corrected chi connectivity index (χ0v) is 11.2. The molecule has 0 bridgehead atoms. The lowest BCUT2D eigenvalue weighted by molar-refractivity contribution is -0.00176. The van der Waals surface area contributed by atoms with Gasteiger partial charge in [0.1, 0.15) is 6.61 Å². The molecule has 0 aromatic heterocycles. The van der Waals surface area contributed by atoms with E-state index in [-0.39, 0.29) is 26.2 Å². The van der Waals surface area contributed by atoms with E-state index < -0.39 is 24.3 Å². The van der Waals surface area contributed by atoms with Crippen molar-refractivity contribution in [3.05, 3.63) is 35.9 Å². The van der Waals surface area contributed by atoms with Gasteiger partial charge in [0.15, 0.2) is 0 Å². The Morgan fingerprint density at radius 1 is 1.40 bits per heavy atom. The Morgan fingerprint density at radius 3 is 2.75 bits per heavy atom. The number of aliphatic hydroxyl groups excluding tert-OH is 2. The number of aliphatic hydroxyl groups is 2. The van der Waals surface area contributed by atoms with Crippen molar-refractivity contribution in [2.45, 2.75) is 31.2 Å². The van der Waals surface area contributed by atoms with Crippen LogP contribution in [0.5, 0.6) is 0 Å². The number of likely N-dealkylation sites (tertiary alicyclic amines) is 1. The molecule has 0 saturated carbocycles. The van der Waals surface area contributed by atoms with Crippen molar-refractivity contribution >= 4 is 6.09 Å². The SMILES string of the molecule is N[C@H]1CN(C(=O)OCc2ccccc2)[C@@H](CO)C[C@H]1O. The molecule has 1 heterocycles. The number of piperidine rings is 1. The second kappa shape index (κ2) is 6.69. The normalized spacial score (nSPS) is 26.4. The molecule has 0 unspecified atom stereocenters. The summed E-state index contributed by atoms with van der Waals surface area (Å²) in [5, 5.41) is 19.0. The number of nitrogens with two attached hydrogens (primary N) is 1. The Balaban J connectivity index is 1.93. The number of rotatable bonds is 3. The predicted molar refractivity (Wildman–Crippen MR) is 72.8 cm³/mol. The molecule has 1 amide bonds. The van der Waals surface area contributed by atoms with Crippen molar-refractivity contribution in [2.24, 2.45) is 5.73 Å². The molecule has 2 rings (SSSR count). The molecule has 110 valence electrons. The highest BCUT2D eigenvalue weighted by atomic mass is 16.6. The first-order chi connectivity index (χ1) is 9.61. The fourth-order valence-corrected chi connectivity index (χ4v) is 2.28. The first-order valence-corrected chi connectivity index (χ1v) is 6.63. The minimum Gasteiger partial charge on any atom is -0.445 e. The van der Waals surface area contributed by atoms with Gasteiger partial charge in [0.2, 0.25) is 0 Å². The first-order valence-electron chi connectivity index (χ1n) is 6.63. The molecule has 1 aliphatic heterocycles. The van der Waals surface area contributed by atoms with Gasteiger partial charge in [-0.15, -0.1) is 0 Å². The molecule has 0 radical (unpaired) electrons. The Morgan fingerprint density at radius 2 is 2.10 bits per heavy atom. The lowest BCUT2D eigenvalue weighted by Gasteiger charge is -2.39. The van der Waals surface area contributed by atoms with Crippen LogP contribution < -0.4 is 5.73 Å². The molecular formula is C14H20N2O4. The van der Waals surface area contributed by atoms with Crippen LogP contribution in [0.2, 0.25) is 0 Å². The Kier molecular flexibility index (Phi) is 4.94. The van der Waals surface area contributed by atoms with Crippen molar-refractivity contribution in [3.63, 3.8) is 0 Å². The summed E-state index contributed by atoms with van der Waals surface area (Å²) in [6.07, 6.45) is -0.960. The van der Waals surface area contributed by atoms with Gasteiger partial charge in [-0.05, 0) is 12.0 Å². The average molecular weight is 280 g/mol. The molecule has 3 atom stereocenters. The van der Waals surface area contributed by atoms with Crippen molar-refractivity contribution in [1.82, 2.24) is 4.90 Å². The molecule has 20 heavy (non-hydrogen) atoms. The lowest BCUT2D eigenvalue weighted by Crippen LogP contribution is -2.58. The van der Waals surface area contributed by atoms with E-state index >= 15 is 0 Å². The molecule has 1 fully saturated rings. The highest BCUT2D eigenvalue weighted by molar-refractivity contribution is 5.68. The number of ether oxygens (including phenoxy) is 1. The zero-order chi connectivity index (χ0) is 14.5. The lowest BCUT2D eigenvalue weighted by atomic mass is 9.97. The van der Waals surface area contributed by atoms with E-state index in [9.17, 15) is 15.0 Å². The third-order valence-electron chi connectivity index (χ3n) is 3.51. The summed E-state index contributed by atoms with van der Waals surface area (Å²) in [6.45, 7) is 0.135. The van der Waals surface area contributed by atoms with Crippen molar-refractivity contribution in [1.29, 1.82) is 0 Å². The van der Waals surface area contributed by atoms with Crippen LogP contribution in [0.1, 0.15) is 12.0 Å². The van der Waals surface area contributed by atoms with Crippen LogP contribution in [0.15, 0.2) is 30.3 Å². The fourth-order valence-electron chi connectivity index (χ4n) is 2.28. The summed E-state index contributed by atoms with van der Waals surface area (Å²) >= 11 is 0. The quantitative estimate of drug-likeness (QED) is 0.728. The fraction of sp³-hybridized carbons (Fsp3) is 0.500. The van der Waals surface area contributed by atoms with Gasteiger partial charge in [0.05, 0.1) is 18.8 Å². The smallest absolute Gasteiger partial charge is 0.410 e. The topological polar surface area (TPSA) is 96.0 Å². The summed E-state index contributed by atoms with van der Waals surface area (Å²) in [6, 6.07) is 8.39. The van der Waals surface area contributed by atoms with E-state index in [1.54, 1.807) is 0 Å². The minimum absolute atomic E-state index is 0.173. The third kappa shape index (κ3) is 3.47. The van der Waals surface area contributed by atoms with Gasteiger partial charge in [0, 0.05) is 12.6 Å². The van der Waals surface area contributed by atoms with E-state index in [0.717, 1.165) is 5.56 Å². The summed E-state index contributed by atoms with van der Waals surface area (Å²) in [4.78, 5) is 13.4. The van der Waals surface area contributed by atoms with Crippen LogP contribution >= 0.6 is 0 Å². The maximum absolute atomic E-state index is 12.0. The Bertz CT molecular complexity index is 440. The maximum atomic E-state index is 12.0. The van der Waals surface area contributed by atoms with Crippen molar-refractivity contribution in [2.75, 3.05) is 13.2 Å². The summed E-state index contributed by atoms with van der Waals surface area (Å²) < 4.78 is 5.22. The van der Waals surface area contributed by atoms with Gasteiger partial charge in [-0.2, -0.15) is 0 Å². The monoisotopic (exact) mass is 280 g/mol. The molecule has 1 aromatic carbocycles. The largest absolute Gasteiger partial charge is 0.445 e. The molecule has 1 saturated heterocycles. The molecule has 6 heteroatoms.